The first kappa shape index (κ1) is 7.25. The number of aromatic hydroxyl groups is 1. The molecular formula is C11H13NO. The third-order valence-electron chi connectivity index (χ3n) is 3.29. The molecule has 0 aromatic heterocycles. The highest BCUT2D eigenvalue weighted by atomic mass is 16.3. The van der Waals surface area contributed by atoms with Crippen LogP contribution in [0.1, 0.15) is 30.7 Å². The highest BCUT2D eigenvalue weighted by Gasteiger charge is 2.35. The fourth-order valence-corrected chi connectivity index (χ4v) is 2.69. The van der Waals surface area contributed by atoms with Gasteiger partial charge >= 0.3 is 0 Å². The number of hydrogen-bond acceptors (Lipinski definition) is 2. The average Bonchev–Trinajstić information content (AvgIpc) is 2.64. The van der Waals surface area contributed by atoms with Crippen molar-refractivity contribution < 1.29 is 5.11 Å². The van der Waals surface area contributed by atoms with E-state index in [1.165, 1.54) is 30.5 Å². The van der Waals surface area contributed by atoms with Crippen molar-refractivity contribution in [2.45, 2.75) is 31.2 Å². The number of benzene rings is 1. The van der Waals surface area contributed by atoms with E-state index in [2.05, 4.69) is 5.32 Å². The van der Waals surface area contributed by atoms with E-state index in [1.54, 1.807) is 6.07 Å². The van der Waals surface area contributed by atoms with Crippen molar-refractivity contribution >= 4 is 5.69 Å². The van der Waals surface area contributed by atoms with Gasteiger partial charge in [0.05, 0.1) is 0 Å². The molecular weight excluding hydrogens is 162 g/mol. The first-order valence-corrected chi connectivity index (χ1v) is 4.94. The van der Waals surface area contributed by atoms with Crippen molar-refractivity contribution in [1.82, 2.24) is 0 Å². The van der Waals surface area contributed by atoms with Gasteiger partial charge in [-0.3, -0.25) is 0 Å². The van der Waals surface area contributed by atoms with Crippen molar-refractivity contribution in [3.8, 4) is 5.75 Å². The van der Waals surface area contributed by atoms with Gasteiger partial charge in [-0.25, -0.2) is 0 Å². The Labute approximate surface area is 77.6 Å². The topological polar surface area (TPSA) is 32.3 Å². The van der Waals surface area contributed by atoms with Crippen LogP contribution in [0.3, 0.4) is 0 Å². The molecule has 1 aliphatic heterocycles. The summed E-state index contributed by atoms with van der Waals surface area (Å²) in [6, 6.07) is 6.30. The lowest BCUT2D eigenvalue weighted by Crippen LogP contribution is -2.13. The second kappa shape index (κ2) is 2.41. The first-order chi connectivity index (χ1) is 6.34. The molecule has 2 unspecified atom stereocenters. The highest BCUT2D eigenvalue weighted by Crippen LogP contribution is 2.45. The summed E-state index contributed by atoms with van der Waals surface area (Å²) in [4.78, 5) is 0. The van der Waals surface area contributed by atoms with Crippen LogP contribution in [-0.4, -0.2) is 11.1 Å². The third kappa shape index (κ3) is 0.947. The van der Waals surface area contributed by atoms with Crippen LogP contribution in [0, 0.1) is 0 Å². The predicted molar refractivity (Wildman–Crippen MR) is 52.1 cm³/mol. The van der Waals surface area contributed by atoms with E-state index in [4.69, 9.17) is 0 Å². The molecule has 0 spiro atoms. The number of nitrogens with one attached hydrogen (secondary N) is 1. The van der Waals surface area contributed by atoms with E-state index < -0.39 is 0 Å². The van der Waals surface area contributed by atoms with Crippen LogP contribution < -0.4 is 5.32 Å². The lowest BCUT2D eigenvalue weighted by molar-refractivity contribution is 0.474. The molecule has 1 fully saturated rings. The minimum atomic E-state index is 0.396. The molecule has 1 saturated carbocycles. The Kier molecular flexibility index (Phi) is 1.34. The molecule has 2 N–H and O–H groups in total. The van der Waals surface area contributed by atoms with E-state index in [-0.39, 0.29) is 0 Å². The van der Waals surface area contributed by atoms with Crippen LogP contribution in [0.4, 0.5) is 5.69 Å². The zero-order chi connectivity index (χ0) is 8.84. The minimum Gasteiger partial charge on any atom is -0.508 e. The van der Waals surface area contributed by atoms with Crippen molar-refractivity contribution in [2.75, 3.05) is 5.32 Å². The van der Waals surface area contributed by atoms with Gasteiger partial charge in [0.25, 0.3) is 0 Å². The van der Waals surface area contributed by atoms with Crippen LogP contribution in [-0.2, 0) is 0 Å². The van der Waals surface area contributed by atoms with Gasteiger partial charge in [0.15, 0.2) is 0 Å². The number of fused-ring (bicyclic) bond motifs is 3. The summed E-state index contributed by atoms with van der Waals surface area (Å²) >= 11 is 0. The fourth-order valence-electron chi connectivity index (χ4n) is 2.69. The number of anilines is 1. The van der Waals surface area contributed by atoms with Gasteiger partial charge in [0, 0.05) is 17.6 Å². The second-order valence-corrected chi connectivity index (χ2v) is 4.06. The zero-order valence-corrected chi connectivity index (χ0v) is 7.46. The summed E-state index contributed by atoms with van der Waals surface area (Å²) in [6.45, 7) is 0. The van der Waals surface area contributed by atoms with Crippen LogP contribution in [0.25, 0.3) is 0 Å². The quantitative estimate of drug-likeness (QED) is 0.593. The van der Waals surface area contributed by atoms with E-state index in [0.717, 1.165) is 0 Å². The summed E-state index contributed by atoms with van der Waals surface area (Å²) in [5.41, 5.74) is 2.55. The summed E-state index contributed by atoms with van der Waals surface area (Å²) in [7, 11) is 0. The lowest BCUT2D eigenvalue weighted by atomic mass is 9.97. The largest absolute Gasteiger partial charge is 0.508 e. The maximum atomic E-state index is 9.39. The standard InChI is InChI=1S/C11H13NO/c13-7-4-5-11-9(6-7)8-2-1-3-10(8)12-11/h4-6,8,10,12-13H,1-3H2. The number of phenols is 1. The molecule has 1 aromatic carbocycles. The van der Waals surface area contributed by atoms with E-state index >= 15 is 0 Å². The molecule has 2 nitrogen and oxygen atoms in total. The van der Waals surface area contributed by atoms with Crippen LogP contribution in [0.15, 0.2) is 18.2 Å². The normalized spacial score (nSPS) is 29.5. The van der Waals surface area contributed by atoms with Gasteiger partial charge in [0.1, 0.15) is 5.75 Å². The first-order valence-electron chi connectivity index (χ1n) is 4.94. The minimum absolute atomic E-state index is 0.396. The molecule has 2 heteroatoms. The van der Waals surface area contributed by atoms with Gasteiger partial charge in [-0.1, -0.05) is 6.42 Å². The molecule has 1 aromatic rings. The van der Waals surface area contributed by atoms with Crippen LogP contribution >= 0.6 is 0 Å². The number of hydrogen-bond donors (Lipinski definition) is 2. The molecule has 1 aliphatic carbocycles. The van der Waals surface area contributed by atoms with Crippen LogP contribution in [0.5, 0.6) is 5.75 Å². The van der Waals surface area contributed by atoms with Gasteiger partial charge in [-0.05, 0) is 36.6 Å². The molecule has 0 amide bonds. The predicted octanol–water partition coefficient (Wildman–Crippen LogP) is 2.45. The fraction of sp³-hybridized carbons (Fsp3) is 0.455. The maximum absolute atomic E-state index is 9.39. The summed E-state index contributed by atoms with van der Waals surface area (Å²) < 4.78 is 0. The van der Waals surface area contributed by atoms with Gasteiger partial charge < -0.3 is 10.4 Å². The second-order valence-electron chi connectivity index (χ2n) is 4.06. The maximum Gasteiger partial charge on any atom is 0.116 e. The van der Waals surface area contributed by atoms with Crippen molar-refractivity contribution in [2.24, 2.45) is 0 Å². The van der Waals surface area contributed by atoms with Crippen molar-refractivity contribution in [3.63, 3.8) is 0 Å². The molecule has 13 heavy (non-hydrogen) atoms. The van der Waals surface area contributed by atoms with Crippen molar-refractivity contribution in [3.05, 3.63) is 23.8 Å². The van der Waals surface area contributed by atoms with Crippen molar-refractivity contribution in [1.29, 1.82) is 0 Å². The lowest BCUT2D eigenvalue weighted by Gasteiger charge is -2.08. The van der Waals surface area contributed by atoms with Gasteiger partial charge in [-0.15, -0.1) is 0 Å². The Bertz CT molecular complexity index is 348. The molecule has 3 rings (SSSR count). The smallest absolute Gasteiger partial charge is 0.116 e. The molecule has 1 heterocycles. The number of rotatable bonds is 0. The molecule has 0 saturated heterocycles. The Morgan fingerprint density at radius 1 is 1.31 bits per heavy atom. The molecule has 0 bridgehead atoms. The monoisotopic (exact) mass is 175 g/mol. The molecule has 2 atom stereocenters. The van der Waals surface area contributed by atoms with E-state index in [9.17, 15) is 5.11 Å². The Hall–Kier alpha value is -1.18. The third-order valence-corrected chi connectivity index (χ3v) is 3.29. The Balaban J connectivity index is 2.09. The Morgan fingerprint density at radius 2 is 2.23 bits per heavy atom. The average molecular weight is 175 g/mol. The van der Waals surface area contributed by atoms with Gasteiger partial charge in [0.2, 0.25) is 0 Å². The summed E-state index contributed by atoms with van der Waals surface area (Å²) in [6.07, 6.45) is 3.87. The van der Waals surface area contributed by atoms with E-state index in [0.29, 0.717) is 17.7 Å². The Morgan fingerprint density at radius 3 is 3.15 bits per heavy atom. The number of phenolic OH excluding ortho intramolecular Hbond substituents is 1. The summed E-state index contributed by atoms with van der Waals surface area (Å²) in [5.74, 6) is 1.05. The van der Waals surface area contributed by atoms with E-state index in [1.807, 2.05) is 12.1 Å². The molecule has 68 valence electrons. The SMILES string of the molecule is Oc1ccc2c(c1)C1CCCC1N2. The van der Waals surface area contributed by atoms with Crippen LogP contribution in [0.2, 0.25) is 0 Å². The van der Waals surface area contributed by atoms with Gasteiger partial charge in [-0.2, -0.15) is 0 Å². The zero-order valence-electron chi connectivity index (χ0n) is 7.46. The highest BCUT2D eigenvalue weighted by molar-refractivity contribution is 5.61. The summed E-state index contributed by atoms with van der Waals surface area (Å²) in [5, 5.41) is 12.9. The molecule has 0 radical (unpaired) electrons. The molecule has 2 aliphatic rings.